The predicted molar refractivity (Wildman–Crippen MR) is 76.1 cm³/mol. The van der Waals surface area contributed by atoms with Gasteiger partial charge in [-0.25, -0.2) is 0 Å². The van der Waals surface area contributed by atoms with Crippen LogP contribution in [0.3, 0.4) is 0 Å². The molecule has 0 saturated heterocycles. The van der Waals surface area contributed by atoms with Gasteiger partial charge < -0.3 is 10.4 Å². The van der Waals surface area contributed by atoms with E-state index in [4.69, 9.17) is 5.11 Å². The van der Waals surface area contributed by atoms with Crippen LogP contribution >= 0.6 is 0 Å². The molecule has 3 heteroatoms. The molecule has 2 rings (SSSR count). The topological polar surface area (TPSA) is 49.3 Å². The third-order valence-corrected chi connectivity index (χ3v) is 4.01. The number of benzene rings is 1. The fraction of sp³-hybridized carbons (Fsp3) is 0.562. The zero-order valence-corrected chi connectivity index (χ0v) is 11.6. The zero-order chi connectivity index (χ0) is 13.7. The standard InChI is InChI=1S/C16H23NO2/c1-2-7-16(8-9-16)12-17-11-14-6-4-3-5-13(14)10-15(18)19/h3-6,17H,2,7-12H2,1H3,(H,18,19). The van der Waals surface area contributed by atoms with Gasteiger partial charge in [-0.2, -0.15) is 0 Å². The van der Waals surface area contributed by atoms with E-state index in [0.29, 0.717) is 5.41 Å². The lowest BCUT2D eigenvalue weighted by atomic mass is 10.00. The first-order chi connectivity index (χ1) is 9.15. The average Bonchev–Trinajstić information content (AvgIpc) is 3.11. The third kappa shape index (κ3) is 4.06. The van der Waals surface area contributed by atoms with Gasteiger partial charge in [-0.3, -0.25) is 4.79 Å². The highest BCUT2D eigenvalue weighted by Gasteiger charge is 2.40. The van der Waals surface area contributed by atoms with Crippen LogP contribution in [0.1, 0.15) is 43.7 Å². The maximum Gasteiger partial charge on any atom is 0.307 e. The summed E-state index contributed by atoms with van der Waals surface area (Å²) in [5.41, 5.74) is 2.57. The van der Waals surface area contributed by atoms with Crippen LogP contribution in [0.25, 0.3) is 0 Å². The van der Waals surface area contributed by atoms with Gasteiger partial charge in [-0.15, -0.1) is 0 Å². The molecule has 104 valence electrons. The molecule has 2 N–H and O–H groups in total. The number of hydrogen-bond acceptors (Lipinski definition) is 2. The highest BCUT2D eigenvalue weighted by atomic mass is 16.4. The Kier molecular flexibility index (Phi) is 4.59. The summed E-state index contributed by atoms with van der Waals surface area (Å²) in [5.74, 6) is -0.767. The van der Waals surface area contributed by atoms with Crippen molar-refractivity contribution in [2.45, 2.75) is 45.6 Å². The number of hydrogen-bond donors (Lipinski definition) is 2. The Labute approximate surface area is 115 Å². The maximum atomic E-state index is 10.8. The Morgan fingerprint density at radius 1 is 1.32 bits per heavy atom. The average molecular weight is 261 g/mol. The van der Waals surface area contributed by atoms with Gasteiger partial charge in [-0.05, 0) is 35.8 Å². The van der Waals surface area contributed by atoms with E-state index in [0.717, 1.165) is 24.2 Å². The lowest BCUT2D eigenvalue weighted by Crippen LogP contribution is -2.24. The molecular formula is C16H23NO2. The first kappa shape index (κ1) is 14.1. The molecule has 1 aromatic rings. The van der Waals surface area contributed by atoms with Crippen molar-refractivity contribution in [3.63, 3.8) is 0 Å². The van der Waals surface area contributed by atoms with Crippen molar-refractivity contribution in [2.75, 3.05) is 6.54 Å². The number of aliphatic carboxylic acids is 1. The van der Waals surface area contributed by atoms with Gasteiger partial charge in [0.25, 0.3) is 0 Å². The lowest BCUT2D eigenvalue weighted by Gasteiger charge is -2.16. The Balaban J connectivity index is 1.87. The van der Waals surface area contributed by atoms with Gasteiger partial charge in [-0.1, -0.05) is 37.6 Å². The van der Waals surface area contributed by atoms with Crippen molar-refractivity contribution in [2.24, 2.45) is 5.41 Å². The number of carbonyl (C=O) groups is 1. The van der Waals surface area contributed by atoms with Gasteiger partial charge in [0, 0.05) is 13.1 Å². The summed E-state index contributed by atoms with van der Waals surface area (Å²) in [5, 5.41) is 12.4. The molecule has 0 spiro atoms. The second-order valence-electron chi connectivity index (χ2n) is 5.69. The molecule has 19 heavy (non-hydrogen) atoms. The molecule has 0 unspecified atom stereocenters. The van der Waals surface area contributed by atoms with Gasteiger partial charge in [0.15, 0.2) is 0 Å². The smallest absolute Gasteiger partial charge is 0.307 e. The van der Waals surface area contributed by atoms with Crippen LogP contribution in [0, 0.1) is 5.41 Å². The predicted octanol–water partition coefficient (Wildman–Crippen LogP) is 2.98. The Morgan fingerprint density at radius 3 is 2.58 bits per heavy atom. The minimum absolute atomic E-state index is 0.109. The fourth-order valence-corrected chi connectivity index (χ4v) is 2.75. The van der Waals surface area contributed by atoms with Crippen LogP contribution in [0.4, 0.5) is 0 Å². The number of nitrogens with one attached hydrogen (secondary N) is 1. The number of carboxylic acids is 1. The molecule has 0 radical (unpaired) electrons. The summed E-state index contributed by atoms with van der Waals surface area (Å²) >= 11 is 0. The second-order valence-corrected chi connectivity index (χ2v) is 5.69. The van der Waals surface area contributed by atoms with Crippen molar-refractivity contribution >= 4 is 5.97 Å². The van der Waals surface area contributed by atoms with E-state index in [-0.39, 0.29) is 6.42 Å². The van der Waals surface area contributed by atoms with Crippen LogP contribution in [0.2, 0.25) is 0 Å². The monoisotopic (exact) mass is 261 g/mol. The van der Waals surface area contributed by atoms with Crippen LogP contribution in [0.15, 0.2) is 24.3 Å². The van der Waals surface area contributed by atoms with E-state index >= 15 is 0 Å². The highest BCUT2D eigenvalue weighted by molar-refractivity contribution is 5.70. The van der Waals surface area contributed by atoms with Crippen molar-refractivity contribution < 1.29 is 9.90 Å². The van der Waals surface area contributed by atoms with Crippen LogP contribution in [0.5, 0.6) is 0 Å². The SMILES string of the molecule is CCCC1(CNCc2ccccc2CC(=O)O)CC1. The summed E-state index contributed by atoms with van der Waals surface area (Å²) < 4.78 is 0. The fourth-order valence-electron chi connectivity index (χ4n) is 2.75. The molecule has 1 aliphatic rings. The zero-order valence-electron chi connectivity index (χ0n) is 11.6. The molecular weight excluding hydrogens is 238 g/mol. The molecule has 0 heterocycles. The number of rotatable bonds is 8. The van der Waals surface area contributed by atoms with Crippen LogP contribution in [-0.4, -0.2) is 17.6 Å². The Morgan fingerprint density at radius 2 is 2.00 bits per heavy atom. The van der Waals surface area contributed by atoms with Crippen LogP contribution < -0.4 is 5.32 Å². The summed E-state index contributed by atoms with van der Waals surface area (Å²) in [4.78, 5) is 10.8. The summed E-state index contributed by atoms with van der Waals surface area (Å²) in [6, 6.07) is 7.80. The normalized spacial score (nSPS) is 16.3. The van der Waals surface area contributed by atoms with E-state index in [2.05, 4.69) is 12.2 Å². The minimum atomic E-state index is -0.767. The summed E-state index contributed by atoms with van der Waals surface area (Å²) in [7, 11) is 0. The molecule has 0 bridgehead atoms. The molecule has 0 amide bonds. The van der Waals surface area contributed by atoms with Gasteiger partial charge in [0.2, 0.25) is 0 Å². The molecule has 1 fully saturated rings. The molecule has 1 saturated carbocycles. The van der Waals surface area contributed by atoms with E-state index in [1.807, 2.05) is 24.3 Å². The van der Waals surface area contributed by atoms with E-state index in [9.17, 15) is 4.79 Å². The first-order valence-corrected chi connectivity index (χ1v) is 7.14. The Bertz CT molecular complexity index is 438. The number of carboxylic acid groups (broad SMARTS) is 1. The van der Waals surface area contributed by atoms with Crippen LogP contribution in [-0.2, 0) is 17.8 Å². The van der Waals surface area contributed by atoms with E-state index < -0.39 is 5.97 Å². The highest BCUT2D eigenvalue weighted by Crippen LogP contribution is 2.48. The Hall–Kier alpha value is -1.35. The van der Waals surface area contributed by atoms with Gasteiger partial charge in [0.1, 0.15) is 0 Å². The van der Waals surface area contributed by atoms with Gasteiger partial charge >= 0.3 is 5.97 Å². The first-order valence-electron chi connectivity index (χ1n) is 7.14. The van der Waals surface area contributed by atoms with E-state index in [1.165, 1.54) is 25.7 Å². The molecule has 3 nitrogen and oxygen atoms in total. The van der Waals surface area contributed by atoms with Crippen molar-refractivity contribution in [3.8, 4) is 0 Å². The molecule has 1 aliphatic carbocycles. The molecule has 0 aromatic heterocycles. The quantitative estimate of drug-likeness (QED) is 0.756. The largest absolute Gasteiger partial charge is 0.481 e. The van der Waals surface area contributed by atoms with Crippen molar-refractivity contribution in [1.29, 1.82) is 0 Å². The van der Waals surface area contributed by atoms with Gasteiger partial charge in [0.05, 0.1) is 6.42 Å². The lowest BCUT2D eigenvalue weighted by molar-refractivity contribution is -0.136. The summed E-state index contributed by atoms with van der Waals surface area (Å²) in [6.07, 6.45) is 5.33. The second kappa shape index (κ2) is 6.20. The molecule has 0 aliphatic heterocycles. The maximum absolute atomic E-state index is 10.8. The minimum Gasteiger partial charge on any atom is -0.481 e. The van der Waals surface area contributed by atoms with Crippen molar-refractivity contribution in [3.05, 3.63) is 35.4 Å². The molecule has 0 atom stereocenters. The van der Waals surface area contributed by atoms with Crippen molar-refractivity contribution in [1.82, 2.24) is 5.32 Å². The molecule has 1 aromatic carbocycles. The van der Waals surface area contributed by atoms with E-state index in [1.54, 1.807) is 0 Å². The third-order valence-electron chi connectivity index (χ3n) is 4.01. The summed E-state index contributed by atoms with van der Waals surface area (Å²) in [6.45, 7) is 4.07.